The van der Waals surface area contributed by atoms with Crippen LogP contribution in [0.5, 0.6) is 0 Å². The second kappa shape index (κ2) is 10.8. The molecule has 3 aromatic rings. The highest BCUT2D eigenvalue weighted by Crippen LogP contribution is 2.36. The number of likely N-dealkylation sites (N-methyl/N-ethyl adjacent to an activating group) is 1. The van der Waals surface area contributed by atoms with Gasteiger partial charge in [-0.15, -0.1) is 0 Å². The second-order valence-corrected chi connectivity index (χ2v) is 8.86. The Bertz CT molecular complexity index is 1410. The molecule has 0 saturated carbocycles. The van der Waals surface area contributed by atoms with Crippen molar-refractivity contribution in [1.82, 2.24) is 4.90 Å². The number of hydrogen-bond donors (Lipinski definition) is 0. The van der Waals surface area contributed by atoms with Gasteiger partial charge in [-0.2, -0.15) is 0 Å². The molecule has 2 aromatic carbocycles. The van der Waals surface area contributed by atoms with Crippen LogP contribution in [0.1, 0.15) is 30.0 Å². The lowest BCUT2D eigenvalue weighted by Crippen LogP contribution is -2.28. The largest absolute Gasteiger partial charge is 0.462 e. The molecule has 1 aliphatic rings. The van der Waals surface area contributed by atoms with Crippen molar-refractivity contribution in [2.45, 2.75) is 13.8 Å². The van der Waals surface area contributed by atoms with Gasteiger partial charge < -0.3 is 9.15 Å². The number of esters is 1. The molecule has 2 heterocycles. The summed E-state index contributed by atoms with van der Waals surface area (Å²) in [4.78, 5) is 42.1. The Labute approximate surface area is 215 Å². The fourth-order valence-corrected chi connectivity index (χ4v) is 4.67. The van der Waals surface area contributed by atoms with Gasteiger partial charge in [-0.1, -0.05) is 17.7 Å². The molecule has 0 unspecified atom stereocenters. The zero-order chi connectivity index (χ0) is 25.8. The number of thioether (sulfide) groups is 1. The minimum Gasteiger partial charge on any atom is -0.462 e. The van der Waals surface area contributed by atoms with Crippen LogP contribution in [0.2, 0.25) is 5.02 Å². The summed E-state index contributed by atoms with van der Waals surface area (Å²) >= 11 is 7.39. The van der Waals surface area contributed by atoms with Crippen molar-refractivity contribution >= 4 is 57.9 Å². The molecule has 184 valence electrons. The minimum absolute atomic E-state index is 0.112. The first kappa shape index (κ1) is 25.2. The third-order valence-corrected chi connectivity index (χ3v) is 6.45. The van der Waals surface area contributed by atoms with Crippen LogP contribution in [0, 0.1) is 10.1 Å². The maximum Gasteiger partial charge on any atom is 0.338 e. The maximum absolute atomic E-state index is 13.0. The molecule has 11 heteroatoms. The Kier molecular flexibility index (Phi) is 7.56. The Morgan fingerprint density at radius 3 is 2.75 bits per heavy atom. The molecule has 9 nitrogen and oxygen atoms in total. The van der Waals surface area contributed by atoms with Crippen molar-refractivity contribution in [1.29, 1.82) is 0 Å². The van der Waals surface area contributed by atoms with E-state index in [1.54, 1.807) is 49.4 Å². The van der Waals surface area contributed by atoms with Gasteiger partial charge in [0.05, 0.1) is 32.7 Å². The first-order chi connectivity index (χ1) is 17.3. The van der Waals surface area contributed by atoms with Crippen LogP contribution in [-0.4, -0.2) is 40.0 Å². The van der Waals surface area contributed by atoms with Gasteiger partial charge in [-0.3, -0.25) is 19.8 Å². The quantitative estimate of drug-likeness (QED) is 0.153. The first-order valence-corrected chi connectivity index (χ1v) is 12.1. The fraction of sp³-hybridized carbons (Fsp3) is 0.160. The number of nitro groups is 1. The number of rotatable bonds is 7. The highest BCUT2D eigenvalue weighted by Gasteiger charge is 2.32. The van der Waals surface area contributed by atoms with Crippen molar-refractivity contribution in [3.63, 3.8) is 0 Å². The number of nitrogens with zero attached hydrogens (tertiary/aromatic N) is 3. The third-order valence-electron chi connectivity index (χ3n) is 5.11. The van der Waals surface area contributed by atoms with E-state index in [0.29, 0.717) is 50.0 Å². The number of carbonyl (C=O) groups excluding carboxylic acids is 2. The third kappa shape index (κ3) is 5.34. The molecular weight excluding hydrogens is 506 g/mol. The summed E-state index contributed by atoms with van der Waals surface area (Å²) < 4.78 is 10.9. The molecule has 4 rings (SSSR count). The van der Waals surface area contributed by atoms with Crippen molar-refractivity contribution in [2.24, 2.45) is 4.99 Å². The number of amides is 1. The number of benzene rings is 2. The number of aliphatic imine (C=N–C) groups is 1. The predicted octanol–water partition coefficient (Wildman–Crippen LogP) is 6.31. The van der Waals surface area contributed by atoms with E-state index in [4.69, 9.17) is 20.8 Å². The number of non-ortho nitro benzene ring substituents is 1. The lowest BCUT2D eigenvalue weighted by molar-refractivity contribution is -0.384. The number of amidine groups is 1. The van der Waals surface area contributed by atoms with Gasteiger partial charge in [0.15, 0.2) is 5.17 Å². The van der Waals surface area contributed by atoms with Crippen LogP contribution in [0.3, 0.4) is 0 Å². The monoisotopic (exact) mass is 525 g/mol. The average Bonchev–Trinajstić information content (AvgIpc) is 3.43. The number of ether oxygens (including phenoxy) is 1. The van der Waals surface area contributed by atoms with Crippen LogP contribution in [0.15, 0.2) is 68.9 Å². The Hall–Kier alpha value is -3.89. The first-order valence-electron chi connectivity index (χ1n) is 10.9. The van der Waals surface area contributed by atoms with Crippen molar-refractivity contribution in [3.05, 3.63) is 86.0 Å². The smallest absolute Gasteiger partial charge is 0.338 e. The van der Waals surface area contributed by atoms with Gasteiger partial charge in [-0.25, -0.2) is 9.79 Å². The molecule has 0 atom stereocenters. The van der Waals surface area contributed by atoms with E-state index in [-0.39, 0.29) is 18.2 Å². The molecule has 36 heavy (non-hydrogen) atoms. The summed E-state index contributed by atoms with van der Waals surface area (Å²) in [5.41, 5.74) is 1.14. The molecule has 0 N–H and O–H groups in total. The summed E-state index contributed by atoms with van der Waals surface area (Å²) in [6.45, 7) is 4.23. The molecule has 0 aliphatic carbocycles. The van der Waals surface area contributed by atoms with E-state index in [1.807, 2.05) is 6.92 Å². The van der Waals surface area contributed by atoms with E-state index >= 15 is 0 Å². The standard InChI is InChI=1S/C25H20ClN3O6S/c1-3-28-23(30)22(36-25(28)27-16-7-5-6-15(12-16)24(31)34-4-2)14-18-9-11-21(35-18)19-13-17(29(32)33)8-10-20(19)26/h5-14H,3-4H2,1-2H3. The molecule has 1 aliphatic heterocycles. The SMILES string of the molecule is CCOC(=O)c1cccc(N=C2SC(=Cc3ccc(-c4cc([N+](=O)[O-])ccc4Cl)o3)C(=O)N2CC)c1. The number of hydrogen-bond acceptors (Lipinski definition) is 8. The molecule has 0 radical (unpaired) electrons. The minimum atomic E-state index is -0.512. The van der Waals surface area contributed by atoms with Crippen LogP contribution in [0.25, 0.3) is 17.4 Å². The summed E-state index contributed by atoms with van der Waals surface area (Å²) in [6, 6.07) is 14.0. The maximum atomic E-state index is 13.0. The van der Waals surface area contributed by atoms with E-state index in [1.165, 1.54) is 34.9 Å². The van der Waals surface area contributed by atoms with Crippen LogP contribution in [-0.2, 0) is 9.53 Å². The molecule has 0 spiro atoms. The predicted molar refractivity (Wildman–Crippen MR) is 138 cm³/mol. The molecule has 1 amide bonds. The zero-order valence-corrected chi connectivity index (χ0v) is 20.8. The van der Waals surface area contributed by atoms with E-state index < -0.39 is 10.9 Å². The number of nitro benzene ring substituents is 1. The van der Waals surface area contributed by atoms with Gasteiger partial charge in [0.2, 0.25) is 0 Å². The van der Waals surface area contributed by atoms with E-state index in [9.17, 15) is 19.7 Å². The molecule has 1 fully saturated rings. The Morgan fingerprint density at radius 2 is 2.03 bits per heavy atom. The zero-order valence-electron chi connectivity index (χ0n) is 19.3. The Balaban J connectivity index is 1.61. The highest BCUT2D eigenvalue weighted by atomic mass is 35.5. The van der Waals surface area contributed by atoms with E-state index in [0.717, 1.165) is 0 Å². The van der Waals surface area contributed by atoms with Gasteiger partial charge in [-0.05, 0) is 62.0 Å². The van der Waals surface area contributed by atoms with Crippen LogP contribution in [0.4, 0.5) is 11.4 Å². The topological polar surface area (TPSA) is 115 Å². The van der Waals surface area contributed by atoms with Gasteiger partial charge in [0.1, 0.15) is 11.5 Å². The van der Waals surface area contributed by atoms with Crippen LogP contribution < -0.4 is 0 Å². The number of furan rings is 1. The van der Waals surface area contributed by atoms with Crippen molar-refractivity contribution < 1.29 is 23.7 Å². The number of carbonyl (C=O) groups is 2. The summed E-state index contributed by atoms with van der Waals surface area (Å²) in [6.07, 6.45) is 1.59. The summed E-state index contributed by atoms with van der Waals surface area (Å²) in [7, 11) is 0. The van der Waals surface area contributed by atoms with Gasteiger partial charge in [0, 0.05) is 30.3 Å². The Morgan fingerprint density at radius 1 is 1.22 bits per heavy atom. The van der Waals surface area contributed by atoms with Crippen molar-refractivity contribution in [3.8, 4) is 11.3 Å². The van der Waals surface area contributed by atoms with Gasteiger partial charge >= 0.3 is 5.97 Å². The molecule has 0 bridgehead atoms. The lowest BCUT2D eigenvalue weighted by atomic mass is 10.1. The van der Waals surface area contributed by atoms with Crippen molar-refractivity contribution in [2.75, 3.05) is 13.2 Å². The normalized spacial score (nSPS) is 15.6. The van der Waals surface area contributed by atoms with Gasteiger partial charge in [0.25, 0.3) is 11.6 Å². The average molecular weight is 526 g/mol. The summed E-state index contributed by atoms with van der Waals surface area (Å²) in [5.74, 6) is 0.0299. The molecule has 1 saturated heterocycles. The summed E-state index contributed by atoms with van der Waals surface area (Å²) in [5, 5.41) is 11.9. The van der Waals surface area contributed by atoms with Crippen LogP contribution >= 0.6 is 23.4 Å². The lowest BCUT2D eigenvalue weighted by Gasteiger charge is -2.12. The molecule has 1 aromatic heterocycles. The number of halogens is 1. The fourth-order valence-electron chi connectivity index (χ4n) is 3.42. The van der Waals surface area contributed by atoms with E-state index in [2.05, 4.69) is 4.99 Å². The molecular formula is C25H20ClN3O6S. The second-order valence-electron chi connectivity index (χ2n) is 7.45. The highest BCUT2D eigenvalue weighted by molar-refractivity contribution is 8.18.